The van der Waals surface area contributed by atoms with Gasteiger partial charge in [-0.3, -0.25) is 4.79 Å². The van der Waals surface area contributed by atoms with E-state index in [4.69, 9.17) is 21.1 Å². The zero-order valence-electron chi connectivity index (χ0n) is 15.8. The molecule has 1 aliphatic heterocycles. The molecule has 156 valence electrons. The highest BCUT2D eigenvalue weighted by Crippen LogP contribution is 2.22. The number of nitrogens with one attached hydrogen (secondary N) is 1. The lowest BCUT2D eigenvalue weighted by molar-refractivity contribution is 0.0730. The number of benzene rings is 2. The smallest absolute Gasteiger partial charge is 0.255 e. The van der Waals surface area contributed by atoms with Gasteiger partial charge in [0, 0.05) is 30.2 Å². The van der Waals surface area contributed by atoms with Gasteiger partial charge >= 0.3 is 0 Å². The van der Waals surface area contributed by atoms with E-state index in [1.807, 2.05) is 18.2 Å². The molecule has 0 bridgehead atoms. The molecular formula is C20H23ClN2O5S. The Morgan fingerprint density at radius 3 is 2.55 bits per heavy atom. The van der Waals surface area contributed by atoms with Crippen molar-refractivity contribution in [1.29, 1.82) is 0 Å². The van der Waals surface area contributed by atoms with Crippen LogP contribution in [0.5, 0.6) is 5.75 Å². The van der Waals surface area contributed by atoms with E-state index in [1.54, 1.807) is 30.3 Å². The minimum atomic E-state index is -3.43. The molecule has 2 aromatic rings. The zero-order valence-corrected chi connectivity index (χ0v) is 17.4. The van der Waals surface area contributed by atoms with Gasteiger partial charge in [-0.15, -0.1) is 0 Å². The Hall–Kier alpha value is -2.13. The largest absolute Gasteiger partial charge is 0.488 e. The van der Waals surface area contributed by atoms with Gasteiger partial charge < -0.3 is 14.8 Å². The topological polar surface area (TPSA) is 84.9 Å². The molecule has 0 unspecified atom stereocenters. The van der Waals surface area contributed by atoms with Crippen LogP contribution in [0.2, 0.25) is 5.02 Å². The van der Waals surface area contributed by atoms with E-state index in [0.717, 1.165) is 5.56 Å². The van der Waals surface area contributed by atoms with Crippen LogP contribution < -0.4 is 10.1 Å². The van der Waals surface area contributed by atoms with Crippen LogP contribution in [0.4, 0.5) is 0 Å². The quantitative estimate of drug-likeness (QED) is 0.683. The Labute approximate surface area is 175 Å². The summed E-state index contributed by atoms with van der Waals surface area (Å²) >= 11 is 6.14. The molecule has 1 fully saturated rings. The first kappa shape index (κ1) is 21.6. The van der Waals surface area contributed by atoms with E-state index >= 15 is 0 Å². The van der Waals surface area contributed by atoms with Crippen LogP contribution in [0, 0.1) is 0 Å². The summed E-state index contributed by atoms with van der Waals surface area (Å²) in [4.78, 5) is 12.6. The molecule has 0 aliphatic carbocycles. The third-order valence-electron chi connectivity index (χ3n) is 4.48. The summed E-state index contributed by atoms with van der Waals surface area (Å²) < 4.78 is 37.0. The minimum Gasteiger partial charge on any atom is -0.488 e. The van der Waals surface area contributed by atoms with E-state index in [2.05, 4.69) is 5.32 Å². The van der Waals surface area contributed by atoms with Gasteiger partial charge in [-0.25, -0.2) is 8.42 Å². The first-order chi connectivity index (χ1) is 14.0. The number of hydrogen-bond acceptors (Lipinski definition) is 5. The van der Waals surface area contributed by atoms with Crippen molar-refractivity contribution in [2.24, 2.45) is 0 Å². The maximum atomic E-state index is 12.6. The van der Waals surface area contributed by atoms with Crippen LogP contribution in [0.3, 0.4) is 0 Å². The van der Waals surface area contributed by atoms with Gasteiger partial charge in [0.25, 0.3) is 5.91 Å². The molecule has 7 nitrogen and oxygen atoms in total. The van der Waals surface area contributed by atoms with Gasteiger partial charge in [0.2, 0.25) is 10.0 Å². The first-order valence-electron chi connectivity index (χ1n) is 9.26. The highest BCUT2D eigenvalue weighted by molar-refractivity contribution is 7.89. The normalized spacial score (nSPS) is 15.1. The van der Waals surface area contributed by atoms with Crippen LogP contribution in [0.15, 0.2) is 48.5 Å². The van der Waals surface area contributed by atoms with Crippen LogP contribution in [0.1, 0.15) is 15.9 Å². The van der Waals surface area contributed by atoms with E-state index in [9.17, 15) is 13.2 Å². The Bertz CT molecular complexity index is 945. The molecule has 0 radical (unpaired) electrons. The fourth-order valence-electron chi connectivity index (χ4n) is 2.89. The number of amides is 1. The summed E-state index contributed by atoms with van der Waals surface area (Å²) in [6, 6.07) is 14.1. The lowest BCUT2D eigenvalue weighted by atomic mass is 10.2. The van der Waals surface area contributed by atoms with Gasteiger partial charge in [-0.1, -0.05) is 41.9 Å². The standard InChI is InChI=1S/C20H23ClN2O5S/c21-18-7-3-1-5-16(18)15-28-19-8-4-2-6-17(19)20(24)22-9-14-29(25,26)23-10-12-27-13-11-23/h1-8H,9-15H2,(H,22,24). The molecule has 0 atom stereocenters. The molecule has 0 aromatic heterocycles. The number of rotatable bonds is 8. The number of morpholine rings is 1. The van der Waals surface area contributed by atoms with E-state index in [-0.39, 0.29) is 18.9 Å². The van der Waals surface area contributed by atoms with Gasteiger partial charge in [-0.2, -0.15) is 4.31 Å². The number of sulfonamides is 1. The number of para-hydroxylation sites is 1. The molecule has 0 spiro atoms. The van der Waals surface area contributed by atoms with Crippen molar-refractivity contribution >= 4 is 27.5 Å². The van der Waals surface area contributed by atoms with Crippen molar-refractivity contribution in [3.05, 3.63) is 64.7 Å². The monoisotopic (exact) mass is 438 g/mol. The summed E-state index contributed by atoms with van der Waals surface area (Å²) in [5.74, 6) is -0.153. The summed E-state index contributed by atoms with van der Waals surface area (Å²) in [5.41, 5.74) is 1.14. The van der Waals surface area contributed by atoms with E-state index < -0.39 is 15.9 Å². The Kier molecular flexibility index (Phi) is 7.49. The molecule has 1 N–H and O–H groups in total. The fourth-order valence-corrected chi connectivity index (χ4v) is 4.41. The Balaban J connectivity index is 1.57. The lowest BCUT2D eigenvalue weighted by Gasteiger charge is -2.26. The van der Waals surface area contributed by atoms with Gasteiger partial charge in [0.1, 0.15) is 12.4 Å². The Morgan fingerprint density at radius 1 is 1.10 bits per heavy atom. The van der Waals surface area contributed by atoms with Crippen LogP contribution in [-0.2, 0) is 21.4 Å². The number of hydrogen-bond donors (Lipinski definition) is 1. The van der Waals surface area contributed by atoms with Crippen LogP contribution >= 0.6 is 11.6 Å². The molecule has 9 heteroatoms. The molecule has 2 aromatic carbocycles. The highest BCUT2D eigenvalue weighted by atomic mass is 35.5. The average Bonchev–Trinajstić information content (AvgIpc) is 2.74. The van der Waals surface area contributed by atoms with Crippen molar-refractivity contribution in [3.8, 4) is 5.75 Å². The second-order valence-corrected chi connectivity index (χ2v) is 8.96. The predicted molar refractivity (Wildman–Crippen MR) is 111 cm³/mol. The van der Waals surface area contributed by atoms with Gasteiger partial charge in [0.05, 0.1) is 24.5 Å². The third-order valence-corrected chi connectivity index (χ3v) is 6.72. The zero-order chi connectivity index (χ0) is 20.7. The first-order valence-corrected chi connectivity index (χ1v) is 11.2. The molecule has 1 aliphatic rings. The summed E-state index contributed by atoms with van der Waals surface area (Å²) in [5, 5.41) is 3.25. The van der Waals surface area contributed by atoms with Crippen LogP contribution in [0.25, 0.3) is 0 Å². The van der Waals surface area contributed by atoms with E-state index in [0.29, 0.717) is 42.6 Å². The van der Waals surface area contributed by atoms with Crippen molar-refractivity contribution in [3.63, 3.8) is 0 Å². The second-order valence-electron chi connectivity index (χ2n) is 6.46. The number of nitrogens with zero attached hydrogens (tertiary/aromatic N) is 1. The number of halogens is 1. The van der Waals surface area contributed by atoms with Crippen molar-refractivity contribution < 1.29 is 22.7 Å². The van der Waals surface area contributed by atoms with Crippen molar-refractivity contribution in [1.82, 2.24) is 9.62 Å². The summed E-state index contributed by atoms with van der Waals surface area (Å²) in [6.45, 7) is 1.69. The highest BCUT2D eigenvalue weighted by Gasteiger charge is 2.24. The summed E-state index contributed by atoms with van der Waals surface area (Å²) in [6.07, 6.45) is 0. The molecular weight excluding hydrogens is 416 g/mol. The van der Waals surface area contributed by atoms with E-state index in [1.165, 1.54) is 4.31 Å². The maximum Gasteiger partial charge on any atom is 0.255 e. The predicted octanol–water partition coefficient (Wildman–Crippen LogP) is 2.31. The van der Waals surface area contributed by atoms with Crippen LogP contribution in [-0.4, -0.2) is 57.2 Å². The van der Waals surface area contributed by atoms with Crippen molar-refractivity contribution in [2.75, 3.05) is 38.6 Å². The SMILES string of the molecule is O=C(NCCS(=O)(=O)N1CCOCC1)c1ccccc1OCc1ccccc1Cl. The molecule has 3 rings (SSSR count). The second kappa shape index (κ2) is 10.1. The Morgan fingerprint density at radius 2 is 1.79 bits per heavy atom. The molecule has 29 heavy (non-hydrogen) atoms. The molecule has 1 saturated heterocycles. The van der Waals surface area contributed by atoms with Gasteiger partial charge in [0.15, 0.2) is 0 Å². The number of carbonyl (C=O) groups is 1. The fraction of sp³-hybridized carbons (Fsp3) is 0.350. The molecule has 1 amide bonds. The van der Waals surface area contributed by atoms with Gasteiger partial charge in [-0.05, 0) is 18.2 Å². The average molecular weight is 439 g/mol. The van der Waals surface area contributed by atoms with Crippen molar-refractivity contribution in [2.45, 2.75) is 6.61 Å². The third kappa shape index (κ3) is 5.93. The number of carbonyl (C=O) groups excluding carboxylic acids is 1. The molecule has 1 heterocycles. The molecule has 0 saturated carbocycles. The maximum absolute atomic E-state index is 12.6. The summed E-state index contributed by atoms with van der Waals surface area (Å²) in [7, 11) is -3.43. The lowest BCUT2D eigenvalue weighted by Crippen LogP contribution is -2.43. The number of ether oxygens (including phenoxy) is 2. The minimum absolute atomic E-state index is 0.0113.